The molecule has 20 heavy (non-hydrogen) atoms. The molecule has 7 heteroatoms. The lowest BCUT2D eigenvalue weighted by molar-refractivity contribution is -0.0163. The van der Waals surface area contributed by atoms with Gasteiger partial charge in [0.05, 0.1) is 12.3 Å². The Morgan fingerprint density at radius 3 is 2.95 bits per heavy atom. The summed E-state index contributed by atoms with van der Waals surface area (Å²) in [5.74, 6) is -0.307. The Morgan fingerprint density at radius 1 is 1.45 bits per heavy atom. The zero-order valence-electron chi connectivity index (χ0n) is 10.6. The number of aryl methyl sites for hydroxylation is 1. The van der Waals surface area contributed by atoms with Gasteiger partial charge in [0.15, 0.2) is 12.5 Å². The molecule has 2 aromatic rings. The summed E-state index contributed by atoms with van der Waals surface area (Å²) >= 11 is 3.49. The maximum absolute atomic E-state index is 11.0. The molecule has 0 unspecified atom stereocenters. The fourth-order valence-corrected chi connectivity index (χ4v) is 2.71. The molecular weight excluding hydrogens is 328 g/mol. The van der Waals surface area contributed by atoms with Gasteiger partial charge in [-0.3, -0.25) is 4.68 Å². The highest BCUT2D eigenvalue weighted by Gasteiger charge is 2.19. The second-order valence-electron chi connectivity index (χ2n) is 4.39. The van der Waals surface area contributed by atoms with Gasteiger partial charge in [-0.2, -0.15) is 5.10 Å². The molecule has 6 nitrogen and oxygen atoms in total. The lowest BCUT2D eigenvalue weighted by atomic mass is 10.1. The molecule has 0 saturated carbocycles. The van der Waals surface area contributed by atoms with E-state index in [2.05, 4.69) is 21.0 Å². The molecule has 1 N–H and O–H groups in total. The van der Waals surface area contributed by atoms with Crippen LogP contribution in [0.25, 0.3) is 11.3 Å². The standard InChI is InChI=1S/C13H11BrN2O4/c1-16-11(4-10(15-16)13(17)18)8-3-12-7(2-9(8)14)5-19-6-20-12/h2-4H,5-6H2,1H3,(H,17,18). The van der Waals surface area contributed by atoms with Gasteiger partial charge < -0.3 is 14.6 Å². The first-order valence-electron chi connectivity index (χ1n) is 5.87. The van der Waals surface area contributed by atoms with Crippen LogP contribution in [0, 0.1) is 0 Å². The number of halogens is 1. The third-order valence-corrected chi connectivity index (χ3v) is 3.74. The van der Waals surface area contributed by atoms with E-state index in [1.807, 2.05) is 12.1 Å². The van der Waals surface area contributed by atoms with Crippen LogP contribution in [0.4, 0.5) is 0 Å². The van der Waals surface area contributed by atoms with E-state index in [-0.39, 0.29) is 12.5 Å². The first-order chi connectivity index (χ1) is 9.56. The van der Waals surface area contributed by atoms with Crippen molar-refractivity contribution in [3.05, 3.63) is 33.9 Å². The van der Waals surface area contributed by atoms with Crippen molar-refractivity contribution in [2.24, 2.45) is 7.05 Å². The average Bonchev–Trinajstić information content (AvgIpc) is 2.80. The molecule has 3 rings (SSSR count). The predicted octanol–water partition coefficient (Wildman–Crippen LogP) is 2.41. The molecule has 1 aromatic heterocycles. The Kier molecular flexibility index (Phi) is 3.23. The number of ether oxygens (including phenoxy) is 2. The predicted molar refractivity (Wildman–Crippen MR) is 73.6 cm³/mol. The largest absolute Gasteiger partial charge is 0.476 e. The van der Waals surface area contributed by atoms with Crippen LogP contribution >= 0.6 is 15.9 Å². The molecule has 0 radical (unpaired) electrons. The highest BCUT2D eigenvalue weighted by atomic mass is 79.9. The van der Waals surface area contributed by atoms with Crippen molar-refractivity contribution in [3.8, 4) is 17.0 Å². The number of aromatic carboxylic acids is 1. The monoisotopic (exact) mass is 338 g/mol. The van der Waals surface area contributed by atoms with Crippen LogP contribution in [-0.4, -0.2) is 27.6 Å². The van der Waals surface area contributed by atoms with Gasteiger partial charge in [-0.05, 0) is 18.2 Å². The Bertz CT molecular complexity index is 696. The van der Waals surface area contributed by atoms with Crippen molar-refractivity contribution in [2.75, 3.05) is 6.79 Å². The van der Waals surface area contributed by atoms with Gasteiger partial charge in [-0.25, -0.2) is 4.79 Å². The second kappa shape index (κ2) is 4.92. The molecule has 1 aromatic carbocycles. The number of fused-ring (bicyclic) bond motifs is 1. The Balaban J connectivity index is 2.12. The molecule has 1 aliphatic heterocycles. The molecule has 1 aliphatic rings. The SMILES string of the molecule is Cn1nc(C(=O)O)cc1-c1cc2c(cc1Br)COCO2. The molecule has 0 amide bonds. The van der Waals surface area contributed by atoms with Crippen LogP contribution < -0.4 is 4.74 Å². The molecular formula is C13H11BrN2O4. The summed E-state index contributed by atoms with van der Waals surface area (Å²) in [7, 11) is 1.71. The van der Waals surface area contributed by atoms with Gasteiger partial charge in [0, 0.05) is 22.6 Å². The molecule has 0 aliphatic carbocycles. The minimum atomic E-state index is -1.05. The third-order valence-electron chi connectivity index (χ3n) is 3.08. The van der Waals surface area contributed by atoms with Crippen LogP contribution in [0.1, 0.15) is 16.1 Å². The number of rotatable bonds is 2. The molecule has 104 valence electrons. The maximum atomic E-state index is 11.0. The van der Waals surface area contributed by atoms with Crippen molar-refractivity contribution in [3.63, 3.8) is 0 Å². The van der Waals surface area contributed by atoms with Gasteiger partial charge in [0.1, 0.15) is 5.75 Å². The van der Waals surface area contributed by atoms with E-state index in [1.165, 1.54) is 10.7 Å². The average molecular weight is 339 g/mol. The lowest BCUT2D eigenvalue weighted by Crippen LogP contribution is -2.11. The number of hydrogen-bond acceptors (Lipinski definition) is 4. The Labute approximate surface area is 123 Å². The number of nitrogens with zero attached hydrogens (tertiary/aromatic N) is 2. The maximum Gasteiger partial charge on any atom is 0.356 e. The summed E-state index contributed by atoms with van der Waals surface area (Å²) in [5.41, 5.74) is 2.49. The van der Waals surface area contributed by atoms with Crippen LogP contribution in [-0.2, 0) is 18.4 Å². The second-order valence-corrected chi connectivity index (χ2v) is 5.25. The van der Waals surface area contributed by atoms with Crippen LogP contribution in [0.15, 0.2) is 22.7 Å². The van der Waals surface area contributed by atoms with E-state index < -0.39 is 5.97 Å². The first-order valence-corrected chi connectivity index (χ1v) is 6.66. The number of carboxylic acids is 1. The Hall–Kier alpha value is -1.86. The molecule has 0 atom stereocenters. The number of carboxylic acid groups (broad SMARTS) is 1. The Morgan fingerprint density at radius 2 is 2.25 bits per heavy atom. The van der Waals surface area contributed by atoms with Gasteiger partial charge in [-0.15, -0.1) is 0 Å². The van der Waals surface area contributed by atoms with Crippen molar-refractivity contribution in [1.29, 1.82) is 0 Å². The normalized spacial score (nSPS) is 13.7. The molecule has 0 fully saturated rings. The van der Waals surface area contributed by atoms with E-state index in [0.29, 0.717) is 12.3 Å². The van der Waals surface area contributed by atoms with E-state index in [1.54, 1.807) is 7.05 Å². The van der Waals surface area contributed by atoms with Gasteiger partial charge >= 0.3 is 5.97 Å². The quantitative estimate of drug-likeness (QED) is 0.910. The van der Waals surface area contributed by atoms with E-state index >= 15 is 0 Å². The third kappa shape index (κ3) is 2.19. The number of hydrogen-bond donors (Lipinski definition) is 1. The van der Waals surface area contributed by atoms with Crippen LogP contribution in [0.2, 0.25) is 0 Å². The smallest absolute Gasteiger partial charge is 0.356 e. The van der Waals surface area contributed by atoms with E-state index in [0.717, 1.165) is 21.3 Å². The summed E-state index contributed by atoms with van der Waals surface area (Å²) in [6.07, 6.45) is 0. The highest BCUT2D eigenvalue weighted by Crippen LogP contribution is 2.36. The fourth-order valence-electron chi connectivity index (χ4n) is 2.12. The molecule has 0 bridgehead atoms. The topological polar surface area (TPSA) is 73.6 Å². The van der Waals surface area contributed by atoms with E-state index in [4.69, 9.17) is 14.6 Å². The minimum Gasteiger partial charge on any atom is -0.476 e. The van der Waals surface area contributed by atoms with Crippen molar-refractivity contribution in [2.45, 2.75) is 6.61 Å². The number of carbonyl (C=O) groups is 1. The first kappa shape index (κ1) is 13.1. The van der Waals surface area contributed by atoms with Crippen molar-refractivity contribution >= 4 is 21.9 Å². The number of benzene rings is 1. The lowest BCUT2D eigenvalue weighted by Gasteiger charge is -2.19. The summed E-state index contributed by atoms with van der Waals surface area (Å²) < 4.78 is 13.0. The van der Waals surface area contributed by atoms with Crippen molar-refractivity contribution < 1.29 is 19.4 Å². The molecule has 0 spiro atoms. The van der Waals surface area contributed by atoms with Gasteiger partial charge in [-0.1, -0.05) is 15.9 Å². The fraction of sp³-hybridized carbons (Fsp3) is 0.231. The zero-order valence-corrected chi connectivity index (χ0v) is 12.2. The van der Waals surface area contributed by atoms with Crippen LogP contribution in [0.5, 0.6) is 5.75 Å². The molecule has 2 heterocycles. The van der Waals surface area contributed by atoms with Gasteiger partial charge in [0.2, 0.25) is 0 Å². The van der Waals surface area contributed by atoms with Gasteiger partial charge in [0.25, 0.3) is 0 Å². The van der Waals surface area contributed by atoms with Crippen molar-refractivity contribution in [1.82, 2.24) is 9.78 Å². The minimum absolute atomic E-state index is 0.0105. The molecule has 0 saturated heterocycles. The highest BCUT2D eigenvalue weighted by molar-refractivity contribution is 9.10. The zero-order chi connectivity index (χ0) is 14.3. The van der Waals surface area contributed by atoms with Crippen LogP contribution in [0.3, 0.4) is 0 Å². The summed E-state index contributed by atoms with van der Waals surface area (Å²) in [6.45, 7) is 0.722. The number of aromatic nitrogens is 2. The summed E-state index contributed by atoms with van der Waals surface area (Å²) in [5, 5.41) is 13.0. The summed E-state index contributed by atoms with van der Waals surface area (Å²) in [4.78, 5) is 11.0. The summed E-state index contributed by atoms with van der Waals surface area (Å²) in [6, 6.07) is 5.32. The van der Waals surface area contributed by atoms with E-state index in [9.17, 15) is 4.79 Å².